The van der Waals surface area contributed by atoms with E-state index in [1.54, 1.807) is 7.11 Å². The van der Waals surface area contributed by atoms with Crippen molar-refractivity contribution >= 4 is 5.91 Å². The Bertz CT molecular complexity index is 309. The molecule has 118 valence electrons. The zero-order chi connectivity index (χ0) is 15.2. The first-order valence-electron chi connectivity index (χ1n) is 7.60. The van der Waals surface area contributed by atoms with Crippen LogP contribution in [-0.4, -0.2) is 43.9 Å². The third-order valence-corrected chi connectivity index (χ3v) is 4.08. The van der Waals surface area contributed by atoms with E-state index in [9.17, 15) is 4.79 Å². The Morgan fingerprint density at radius 3 is 2.70 bits per heavy atom. The molecule has 3 unspecified atom stereocenters. The van der Waals surface area contributed by atoms with E-state index in [0.717, 1.165) is 25.7 Å². The molecule has 5 heteroatoms. The number of ether oxygens (including phenoxy) is 2. The fourth-order valence-corrected chi connectivity index (χ4v) is 3.26. The standard InChI is InChI=1S/C15H30N2O3/c1-11(2)17-15(14(16)18)8-5-6-13(15)7-9-20-12(3)10-19-4/h11-13,17H,5-10H2,1-4H3,(H2,16,18). The Morgan fingerprint density at radius 2 is 2.15 bits per heavy atom. The lowest BCUT2D eigenvalue weighted by atomic mass is 9.83. The molecule has 0 aromatic carbocycles. The van der Waals surface area contributed by atoms with E-state index >= 15 is 0 Å². The van der Waals surface area contributed by atoms with Crippen molar-refractivity contribution in [1.82, 2.24) is 5.32 Å². The largest absolute Gasteiger partial charge is 0.382 e. The number of amides is 1. The van der Waals surface area contributed by atoms with Gasteiger partial charge in [-0.25, -0.2) is 0 Å². The number of hydrogen-bond donors (Lipinski definition) is 2. The van der Waals surface area contributed by atoms with Gasteiger partial charge in [-0.3, -0.25) is 4.79 Å². The molecule has 20 heavy (non-hydrogen) atoms. The summed E-state index contributed by atoms with van der Waals surface area (Å²) in [5.74, 6) is 0.0378. The molecule has 1 rings (SSSR count). The summed E-state index contributed by atoms with van der Waals surface area (Å²) < 4.78 is 10.8. The number of methoxy groups -OCH3 is 1. The molecule has 3 atom stereocenters. The molecule has 1 fully saturated rings. The predicted octanol–water partition coefficient (Wildman–Crippen LogP) is 1.45. The Kier molecular flexibility index (Phi) is 6.92. The fourth-order valence-electron chi connectivity index (χ4n) is 3.26. The van der Waals surface area contributed by atoms with Gasteiger partial charge in [-0.1, -0.05) is 6.42 Å². The van der Waals surface area contributed by atoms with Crippen LogP contribution in [0.3, 0.4) is 0 Å². The molecule has 1 saturated carbocycles. The topological polar surface area (TPSA) is 73.6 Å². The molecule has 0 aromatic rings. The van der Waals surface area contributed by atoms with Gasteiger partial charge in [0.25, 0.3) is 0 Å². The van der Waals surface area contributed by atoms with Gasteiger partial charge in [0.1, 0.15) is 5.54 Å². The van der Waals surface area contributed by atoms with Crippen LogP contribution in [0, 0.1) is 5.92 Å². The first kappa shape index (κ1) is 17.4. The van der Waals surface area contributed by atoms with Gasteiger partial charge in [0.05, 0.1) is 12.7 Å². The normalized spacial score (nSPS) is 27.9. The minimum Gasteiger partial charge on any atom is -0.382 e. The van der Waals surface area contributed by atoms with Gasteiger partial charge < -0.3 is 20.5 Å². The molecule has 0 saturated heterocycles. The third-order valence-electron chi connectivity index (χ3n) is 4.08. The Hall–Kier alpha value is -0.650. The van der Waals surface area contributed by atoms with Crippen molar-refractivity contribution in [3.63, 3.8) is 0 Å². The summed E-state index contributed by atoms with van der Waals surface area (Å²) in [6.45, 7) is 7.33. The quantitative estimate of drug-likeness (QED) is 0.673. The van der Waals surface area contributed by atoms with Gasteiger partial charge in [-0.2, -0.15) is 0 Å². The molecule has 0 spiro atoms. The van der Waals surface area contributed by atoms with Crippen molar-refractivity contribution in [1.29, 1.82) is 0 Å². The van der Waals surface area contributed by atoms with Crippen LogP contribution < -0.4 is 11.1 Å². The first-order chi connectivity index (χ1) is 9.42. The molecule has 0 radical (unpaired) electrons. The van der Waals surface area contributed by atoms with Crippen molar-refractivity contribution < 1.29 is 14.3 Å². The van der Waals surface area contributed by atoms with Crippen LogP contribution >= 0.6 is 0 Å². The van der Waals surface area contributed by atoms with Crippen LogP contribution in [0.5, 0.6) is 0 Å². The van der Waals surface area contributed by atoms with E-state index in [-0.39, 0.29) is 24.0 Å². The zero-order valence-electron chi connectivity index (χ0n) is 13.3. The summed E-state index contributed by atoms with van der Waals surface area (Å²) in [5.41, 5.74) is 5.13. The predicted molar refractivity (Wildman–Crippen MR) is 79.4 cm³/mol. The average molecular weight is 286 g/mol. The lowest BCUT2D eigenvalue weighted by Gasteiger charge is -2.35. The number of nitrogens with one attached hydrogen (secondary N) is 1. The molecule has 0 bridgehead atoms. The maximum atomic E-state index is 12.0. The highest BCUT2D eigenvalue weighted by atomic mass is 16.5. The highest BCUT2D eigenvalue weighted by Crippen LogP contribution is 2.38. The summed E-state index contributed by atoms with van der Waals surface area (Å²) in [4.78, 5) is 12.0. The smallest absolute Gasteiger partial charge is 0.238 e. The van der Waals surface area contributed by atoms with Crippen molar-refractivity contribution in [2.75, 3.05) is 20.3 Å². The van der Waals surface area contributed by atoms with Gasteiger partial charge >= 0.3 is 0 Å². The minimum absolute atomic E-state index is 0.0856. The van der Waals surface area contributed by atoms with Crippen LogP contribution in [0.4, 0.5) is 0 Å². The van der Waals surface area contributed by atoms with E-state index in [0.29, 0.717) is 13.2 Å². The molecule has 1 aliphatic rings. The average Bonchev–Trinajstić information content (AvgIpc) is 2.73. The Morgan fingerprint density at radius 1 is 1.45 bits per heavy atom. The van der Waals surface area contributed by atoms with Crippen LogP contribution in [-0.2, 0) is 14.3 Å². The molecule has 1 aliphatic carbocycles. The lowest BCUT2D eigenvalue weighted by molar-refractivity contribution is -0.126. The number of carbonyl (C=O) groups is 1. The van der Waals surface area contributed by atoms with E-state index < -0.39 is 5.54 Å². The highest BCUT2D eigenvalue weighted by molar-refractivity contribution is 5.85. The summed E-state index contributed by atoms with van der Waals surface area (Å²) >= 11 is 0. The molecule has 3 N–H and O–H groups in total. The van der Waals surface area contributed by atoms with Crippen molar-refractivity contribution in [3.05, 3.63) is 0 Å². The van der Waals surface area contributed by atoms with E-state index in [1.807, 2.05) is 6.92 Å². The van der Waals surface area contributed by atoms with Gasteiger partial charge in [0.2, 0.25) is 5.91 Å². The maximum absolute atomic E-state index is 12.0. The maximum Gasteiger partial charge on any atom is 0.238 e. The molecular formula is C15H30N2O3. The van der Waals surface area contributed by atoms with Crippen molar-refractivity contribution in [3.8, 4) is 0 Å². The fraction of sp³-hybridized carbons (Fsp3) is 0.933. The highest BCUT2D eigenvalue weighted by Gasteiger charge is 2.47. The molecular weight excluding hydrogens is 256 g/mol. The molecule has 0 aromatic heterocycles. The second-order valence-corrected chi connectivity index (χ2v) is 6.15. The monoisotopic (exact) mass is 286 g/mol. The van der Waals surface area contributed by atoms with Crippen LogP contribution in [0.2, 0.25) is 0 Å². The second kappa shape index (κ2) is 7.96. The summed E-state index contributed by atoms with van der Waals surface area (Å²) in [6.07, 6.45) is 3.85. The lowest BCUT2D eigenvalue weighted by Crippen LogP contribution is -2.60. The van der Waals surface area contributed by atoms with E-state index in [4.69, 9.17) is 15.2 Å². The molecule has 1 amide bonds. The van der Waals surface area contributed by atoms with Gasteiger partial charge in [-0.05, 0) is 46.0 Å². The van der Waals surface area contributed by atoms with Gasteiger partial charge in [0.15, 0.2) is 0 Å². The molecule has 0 heterocycles. The third kappa shape index (κ3) is 4.43. The minimum atomic E-state index is -0.554. The Balaban J connectivity index is 2.55. The summed E-state index contributed by atoms with van der Waals surface area (Å²) in [5, 5.41) is 3.41. The first-order valence-corrected chi connectivity index (χ1v) is 7.60. The SMILES string of the molecule is COCC(C)OCCC1CCCC1(NC(C)C)C(N)=O. The molecule has 5 nitrogen and oxygen atoms in total. The van der Waals surface area contributed by atoms with Crippen LogP contribution in [0.15, 0.2) is 0 Å². The Labute approximate surface area is 122 Å². The number of carbonyl (C=O) groups excluding carboxylic acids is 1. The summed E-state index contributed by atoms with van der Waals surface area (Å²) in [7, 11) is 1.67. The number of rotatable bonds is 9. The molecule has 0 aliphatic heterocycles. The number of hydrogen-bond acceptors (Lipinski definition) is 4. The van der Waals surface area contributed by atoms with Crippen molar-refractivity contribution in [2.24, 2.45) is 11.7 Å². The van der Waals surface area contributed by atoms with Gasteiger partial charge in [0, 0.05) is 19.8 Å². The van der Waals surface area contributed by atoms with Gasteiger partial charge in [-0.15, -0.1) is 0 Å². The van der Waals surface area contributed by atoms with E-state index in [1.165, 1.54) is 0 Å². The van der Waals surface area contributed by atoms with E-state index in [2.05, 4.69) is 19.2 Å². The summed E-state index contributed by atoms with van der Waals surface area (Å²) in [6, 6.07) is 0.247. The van der Waals surface area contributed by atoms with Crippen LogP contribution in [0.25, 0.3) is 0 Å². The van der Waals surface area contributed by atoms with Crippen LogP contribution in [0.1, 0.15) is 46.5 Å². The zero-order valence-corrected chi connectivity index (χ0v) is 13.3. The second-order valence-electron chi connectivity index (χ2n) is 6.15. The number of primary amides is 1. The van der Waals surface area contributed by atoms with Crippen molar-refractivity contribution in [2.45, 2.75) is 64.1 Å². The number of nitrogens with two attached hydrogens (primary N) is 1.